The molecule has 0 aliphatic rings. The topological polar surface area (TPSA) is 75.3 Å². The normalized spacial score (nSPS) is 10.9. The third kappa shape index (κ3) is 2.57. The largest absolute Gasteiger partial charge is 0.462 e. The lowest BCUT2D eigenvalue weighted by Gasteiger charge is -1.98. The second kappa shape index (κ2) is 3.75. The summed E-state index contributed by atoms with van der Waals surface area (Å²) in [5, 5.41) is 8.00. The fourth-order valence-electron chi connectivity index (χ4n) is 0.287. The molecule has 0 saturated heterocycles. The summed E-state index contributed by atoms with van der Waals surface area (Å²) >= 11 is 0. The molecule has 0 spiro atoms. The van der Waals surface area contributed by atoms with E-state index in [1.54, 1.807) is 6.11 Å². The first kappa shape index (κ1) is 7.79. The molecule has 0 aliphatic carbocycles. The first-order valence-electron chi connectivity index (χ1n) is 2.37. The third-order valence-electron chi connectivity index (χ3n) is 0.817. The quantitative estimate of drug-likeness (QED) is 0.182. The number of hydrazine groups is 1. The minimum absolute atomic E-state index is 0.406. The van der Waals surface area contributed by atoms with Crippen LogP contribution in [0.3, 0.4) is 0 Å². The zero-order valence-electron chi connectivity index (χ0n) is 5.01. The van der Waals surface area contributed by atoms with Crippen LogP contribution < -0.4 is 11.3 Å². The van der Waals surface area contributed by atoms with Crippen molar-refractivity contribution in [1.82, 2.24) is 5.43 Å². The van der Waals surface area contributed by atoms with E-state index in [4.69, 9.17) is 10.9 Å². The summed E-state index contributed by atoms with van der Waals surface area (Å²) < 4.78 is 0. The first-order valence-corrected chi connectivity index (χ1v) is 2.37. The molecule has 4 heteroatoms. The van der Waals surface area contributed by atoms with Gasteiger partial charge < -0.3 is 5.11 Å². The van der Waals surface area contributed by atoms with Crippen molar-refractivity contribution in [3.05, 3.63) is 0 Å². The molecular formula is C5H8N2O2. The minimum Gasteiger partial charge on any atom is -0.462 e. The van der Waals surface area contributed by atoms with Gasteiger partial charge in [0.1, 0.15) is 12.0 Å². The molecule has 0 fully saturated rings. The summed E-state index contributed by atoms with van der Waals surface area (Å²) in [6.45, 7) is 1.53. The highest BCUT2D eigenvalue weighted by Gasteiger charge is 2.05. The number of hydrogen-bond donors (Lipinski definition) is 3. The summed E-state index contributed by atoms with van der Waals surface area (Å²) in [4.78, 5) is 10.5. The molecular weight excluding hydrogens is 120 g/mol. The number of carbonyl (C=O) groups is 1. The van der Waals surface area contributed by atoms with Crippen LogP contribution in [0.4, 0.5) is 0 Å². The molecule has 0 rings (SSSR count). The molecule has 9 heavy (non-hydrogen) atoms. The maximum Gasteiger partial charge on any atom is 0.248 e. The SMILES string of the molecule is CC(C#CO)C(=O)NN. The van der Waals surface area contributed by atoms with E-state index in [1.807, 2.05) is 5.43 Å². The number of hydrogen-bond acceptors (Lipinski definition) is 3. The lowest BCUT2D eigenvalue weighted by molar-refractivity contribution is -0.122. The van der Waals surface area contributed by atoms with Crippen molar-refractivity contribution in [2.24, 2.45) is 11.8 Å². The van der Waals surface area contributed by atoms with Crippen molar-refractivity contribution in [3.63, 3.8) is 0 Å². The van der Waals surface area contributed by atoms with Gasteiger partial charge in [0.15, 0.2) is 0 Å². The monoisotopic (exact) mass is 128 g/mol. The van der Waals surface area contributed by atoms with Gasteiger partial charge >= 0.3 is 0 Å². The summed E-state index contributed by atoms with van der Waals surface area (Å²) in [5.74, 6) is 6.00. The number of amides is 1. The predicted molar refractivity (Wildman–Crippen MR) is 31.2 cm³/mol. The summed E-state index contributed by atoms with van der Waals surface area (Å²) in [6, 6.07) is 0. The van der Waals surface area contributed by atoms with Gasteiger partial charge in [-0.2, -0.15) is 0 Å². The van der Waals surface area contributed by atoms with Crippen molar-refractivity contribution in [3.8, 4) is 12.0 Å². The molecule has 4 N–H and O–H groups in total. The van der Waals surface area contributed by atoms with Crippen LogP contribution in [-0.4, -0.2) is 11.0 Å². The minimum atomic E-state index is -0.556. The smallest absolute Gasteiger partial charge is 0.248 e. The van der Waals surface area contributed by atoms with Crippen LogP contribution in [0.5, 0.6) is 0 Å². The molecule has 4 nitrogen and oxygen atoms in total. The Morgan fingerprint density at radius 1 is 1.89 bits per heavy atom. The number of aliphatic hydroxyl groups is 1. The van der Waals surface area contributed by atoms with Crippen molar-refractivity contribution in [2.75, 3.05) is 0 Å². The predicted octanol–water partition coefficient (Wildman–Crippen LogP) is -1.05. The van der Waals surface area contributed by atoms with Gasteiger partial charge in [0.2, 0.25) is 5.91 Å². The van der Waals surface area contributed by atoms with Crippen LogP contribution in [-0.2, 0) is 4.79 Å². The van der Waals surface area contributed by atoms with Crippen LogP contribution in [0, 0.1) is 17.9 Å². The van der Waals surface area contributed by atoms with Gasteiger partial charge in [0.25, 0.3) is 0 Å². The molecule has 1 unspecified atom stereocenters. The van der Waals surface area contributed by atoms with Gasteiger partial charge in [-0.25, -0.2) is 5.84 Å². The molecule has 0 radical (unpaired) electrons. The number of rotatable bonds is 1. The second-order valence-corrected chi connectivity index (χ2v) is 1.49. The van der Waals surface area contributed by atoms with Crippen molar-refractivity contribution in [2.45, 2.75) is 6.92 Å². The van der Waals surface area contributed by atoms with Crippen molar-refractivity contribution >= 4 is 5.91 Å². The van der Waals surface area contributed by atoms with Gasteiger partial charge in [-0.1, -0.05) is 0 Å². The third-order valence-corrected chi connectivity index (χ3v) is 0.817. The van der Waals surface area contributed by atoms with Crippen LogP contribution in [0.15, 0.2) is 0 Å². The van der Waals surface area contributed by atoms with Crippen LogP contribution >= 0.6 is 0 Å². The molecule has 0 aromatic rings. The number of nitrogens with two attached hydrogens (primary N) is 1. The van der Waals surface area contributed by atoms with Crippen molar-refractivity contribution < 1.29 is 9.90 Å². The van der Waals surface area contributed by atoms with Crippen LogP contribution in [0.2, 0.25) is 0 Å². The van der Waals surface area contributed by atoms with E-state index in [9.17, 15) is 4.79 Å². The number of carbonyl (C=O) groups excluding carboxylic acids is 1. The Hall–Kier alpha value is -1.21. The molecule has 1 amide bonds. The standard InChI is InChI=1S/C5H8N2O2/c1-4(2-3-8)5(9)7-6/h4,8H,6H2,1H3,(H,7,9). The molecule has 0 aliphatic heterocycles. The Bertz CT molecular complexity index is 156. The Balaban J connectivity index is 3.82. The molecule has 0 bridgehead atoms. The Kier molecular flexibility index (Phi) is 3.25. The molecule has 0 heterocycles. The van der Waals surface area contributed by atoms with Gasteiger partial charge in [0.05, 0.1) is 0 Å². The molecule has 1 atom stereocenters. The highest BCUT2D eigenvalue weighted by molar-refractivity contribution is 5.80. The fourth-order valence-corrected chi connectivity index (χ4v) is 0.287. The maximum absolute atomic E-state index is 10.5. The summed E-state index contributed by atoms with van der Waals surface area (Å²) in [6.07, 6.45) is 1.62. The zero-order chi connectivity index (χ0) is 7.28. The molecule has 0 aromatic carbocycles. The summed E-state index contributed by atoms with van der Waals surface area (Å²) in [7, 11) is 0. The van der Waals surface area contributed by atoms with E-state index in [2.05, 4.69) is 5.92 Å². The van der Waals surface area contributed by atoms with Gasteiger partial charge in [-0.05, 0) is 12.8 Å². The highest BCUT2D eigenvalue weighted by atomic mass is 16.2. The Morgan fingerprint density at radius 2 is 2.44 bits per heavy atom. The lowest BCUT2D eigenvalue weighted by Crippen LogP contribution is -2.34. The van der Waals surface area contributed by atoms with E-state index in [0.29, 0.717) is 0 Å². The second-order valence-electron chi connectivity index (χ2n) is 1.49. The molecule has 0 saturated carbocycles. The summed E-state index contributed by atoms with van der Waals surface area (Å²) in [5.41, 5.74) is 1.90. The van der Waals surface area contributed by atoms with Gasteiger partial charge in [-0.15, -0.1) is 0 Å². The molecule has 50 valence electrons. The number of nitrogens with one attached hydrogen (secondary N) is 1. The Labute approximate surface area is 53.0 Å². The zero-order valence-corrected chi connectivity index (χ0v) is 5.01. The van der Waals surface area contributed by atoms with E-state index in [0.717, 1.165) is 0 Å². The lowest BCUT2D eigenvalue weighted by atomic mass is 10.2. The van der Waals surface area contributed by atoms with Crippen LogP contribution in [0.25, 0.3) is 0 Å². The number of aliphatic hydroxyl groups excluding tert-OH is 1. The first-order chi connectivity index (χ1) is 4.22. The maximum atomic E-state index is 10.5. The van der Waals surface area contributed by atoms with Gasteiger partial charge in [0, 0.05) is 0 Å². The van der Waals surface area contributed by atoms with Crippen LogP contribution in [0.1, 0.15) is 6.92 Å². The fraction of sp³-hybridized carbons (Fsp3) is 0.400. The van der Waals surface area contributed by atoms with Crippen molar-refractivity contribution in [1.29, 1.82) is 0 Å². The highest BCUT2D eigenvalue weighted by Crippen LogP contribution is 1.88. The average Bonchev–Trinajstić information content (AvgIpc) is 1.87. The van der Waals surface area contributed by atoms with Gasteiger partial charge in [-0.3, -0.25) is 10.2 Å². The average molecular weight is 128 g/mol. The van der Waals surface area contributed by atoms with E-state index in [1.165, 1.54) is 6.92 Å². The van der Waals surface area contributed by atoms with E-state index < -0.39 is 11.8 Å². The Morgan fingerprint density at radius 3 is 2.78 bits per heavy atom. The molecule has 0 aromatic heterocycles. The van der Waals surface area contributed by atoms with E-state index >= 15 is 0 Å². The van der Waals surface area contributed by atoms with E-state index in [-0.39, 0.29) is 0 Å².